The van der Waals surface area contributed by atoms with Gasteiger partial charge >= 0.3 is 11.9 Å². The van der Waals surface area contributed by atoms with E-state index in [1.807, 2.05) is 0 Å². The Labute approximate surface area is 207 Å². The summed E-state index contributed by atoms with van der Waals surface area (Å²) in [5, 5.41) is 71.8. The zero-order valence-corrected chi connectivity index (χ0v) is 20.6. The smallest absolute Gasteiger partial charge is 0.355 e. The van der Waals surface area contributed by atoms with E-state index < -0.39 is 87.3 Å². The number of aliphatic hydroxyl groups excluding tert-OH is 1. The average molecular weight is 508 g/mol. The van der Waals surface area contributed by atoms with E-state index >= 15 is 0 Å². The van der Waals surface area contributed by atoms with Crippen molar-refractivity contribution in [1.29, 1.82) is 0 Å². The zero-order chi connectivity index (χ0) is 26.5. The van der Waals surface area contributed by atoms with Gasteiger partial charge in [0, 0.05) is 12.6 Å². The number of aliphatic carboxylic acids is 1. The number of aliphatic hydroxyl groups is 5. The van der Waals surface area contributed by atoms with Crippen molar-refractivity contribution in [3.8, 4) is 0 Å². The Kier molecular flexibility index (Phi) is 4.28. The molecule has 11 nitrogen and oxygen atoms in total. The average Bonchev–Trinajstić information content (AvgIpc) is 3.43. The number of carboxylic acid groups (broad SMARTS) is 1. The summed E-state index contributed by atoms with van der Waals surface area (Å²) in [6, 6.07) is 3.01. The molecule has 6 bridgehead atoms. The number of nitrogens with one attached hydrogen (secondary N) is 1. The fraction of sp³-hybridized carbons (Fsp3) is 0.760. The fourth-order valence-electron chi connectivity index (χ4n) is 9.50. The number of carbonyl (C=O) groups excluding carboxylic acids is 1. The van der Waals surface area contributed by atoms with Crippen LogP contribution in [0.25, 0.3) is 0 Å². The van der Waals surface area contributed by atoms with Crippen molar-refractivity contribution in [2.24, 2.45) is 28.6 Å². The first kappa shape index (κ1) is 24.3. The Morgan fingerprint density at radius 1 is 1.22 bits per heavy atom. The highest BCUT2D eigenvalue weighted by atomic mass is 16.7. The molecular weight excluding hydrogens is 474 g/mol. The lowest BCUT2D eigenvalue weighted by Gasteiger charge is -2.59. The van der Waals surface area contributed by atoms with Crippen LogP contribution in [0, 0.1) is 28.6 Å². The summed E-state index contributed by atoms with van der Waals surface area (Å²) < 4.78 is 12.0. The minimum Gasteiger partial charge on any atom is -0.481 e. The predicted octanol–water partition coefficient (Wildman–Crippen LogP) is -0.238. The lowest BCUT2D eigenvalue weighted by Crippen LogP contribution is -2.76. The van der Waals surface area contributed by atoms with Gasteiger partial charge in [-0.2, -0.15) is 0 Å². The predicted molar refractivity (Wildman–Crippen MR) is 119 cm³/mol. The standard InChI is InChI=1S/C25H33NO10/c1-11(2)23(33)16(35-17(28)13-6-5-9-26-13)14-20(18(29)30)10-22(32)19(23,4)24(14,34)25(36-22)15(27)12(3)7-8-21(20,25)31/h5-6,9,11-12,14-16,26-27,31-34H,7-8,10H2,1-4H3,(H,29,30)/t12-,14+,15-,16+,19+,20-,21+,22-,23-,24+,25-/m1/s1. The molecule has 7 N–H and O–H groups in total. The highest BCUT2D eigenvalue weighted by molar-refractivity contribution is 5.88. The van der Waals surface area contributed by atoms with Gasteiger partial charge in [-0.1, -0.05) is 20.8 Å². The van der Waals surface area contributed by atoms with Crippen molar-refractivity contribution in [2.75, 3.05) is 0 Å². The van der Waals surface area contributed by atoms with Crippen LogP contribution in [0.5, 0.6) is 0 Å². The number of esters is 1. The first-order valence-corrected chi connectivity index (χ1v) is 12.4. The summed E-state index contributed by atoms with van der Waals surface area (Å²) in [6.45, 7) is 6.28. The van der Waals surface area contributed by atoms with Crippen molar-refractivity contribution in [1.82, 2.24) is 4.98 Å². The van der Waals surface area contributed by atoms with Gasteiger partial charge in [-0.25, -0.2) is 4.79 Å². The van der Waals surface area contributed by atoms with Gasteiger partial charge in [-0.05, 0) is 43.7 Å². The molecule has 1 aromatic rings. The molecule has 4 saturated carbocycles. The summed E-state index contributed by atoms with van der Waals surface area (Å²) >= 11 is 0. The fourth-order valence-corrected chi connectivity index (χ4v) is 9.50. The second kappa shape index (κ2) is 6.33. The minimum absolute atomic E-state index is 0.0412. The van der Waals surface area contributed by atoms with Crippen LogP contribution < -0.4 is 0 Å². The normalized spacial score (nSPS) is 56.3. The Hall–Kier alpha value is -2.02. The van der Waals surface area contributed by atoms with Gasteiger partial charge in [0.1, 0.15) is 34.0 Å². The van der Waals surface area contributed by atoms with Crippen LogP contribution in [0.3, 0.4) is 0 Å². The Balaban J connectivity index is 1.69. The number of carbonyl (C=O) groups is 2. The highest BCUT2D eigenvalue weighted by Crippen LogP contribution is 2.89. The van der Waals surface area contributed by atoms with E-state index in [1.165, 1.54) is 19.2 Å². The van der Waals surface area contributed by atoms with E-state index in [0.29, 0.717) is 0 Å². The molecule has 6 fully saturated rings. The molecular formula is C25H33NO10. The number of carboxylic acids is 1. The van der Waals surface area contributed by atoms with Crippen LogP contribution in [0.15, 0.2) is 18.3 Å². The summed E-state index contributed by atoms with van der Waals surface area (Å²) in [5.41, 5.74) is -13.7. The maximum absolute atomic E-state index is 13.2. The molecule has 4 aliphatic carbocycles. The number of hydrogen-bond acceptors (Lipinski definition) is 9. The van der Waals surface area contributed by atoms with Crippen LogP contribution in [-0.4, -0.2) is 88.0 Å². The first-order valence-electron chi connectivity index (χ1n) is 12.4. The Morgan fingerprint density at radius 2 is 1.89 bits per heavy atom. The molecule has 36 heavy (non-hydrogen) atoms. The number of ether oxygens (including phenoxy) is 2. The van der Waals surface area contributed by atoms with Crippen molar-refractivity contribution in [3.05, 3.63) is 24.0 Å². The molecule has 0 unspecified atom stereocenters. The molecule has 11 heteroatoms. The minimum atomic E-state index is -2.48. The van der Waals surface area contributed by atoms with Gasteiger partial charge < -0.3 is 45.1 Å². The number of aromatic amines is 1. The van der Waals surface area contributed by atoms with Crippen molar-refractivity contribution in [3.63, 3.8) is 0 Å². The summed E-state index contributed by atoms with van der Waals surface area (Å²) in [5.74, 6) is -7.81. The summed E-state index contributed by atoms with van der Waals surface area (Å²) in [6.07, 6.45) is -2.31. The molecule has 2 saturated heterocycles. The molecule has 198 valence electrons. The molecule has 0 aromatic carbocycles. The molecule has 1 aromatic heterocycles. The topological polar surface area (TPSA) is 190 Å². The molecule has 11 atom stereocenters. The first-order chi connectivity index (χ1) is 16.6. The van der Waals surface area contributed by atoms with Crippen LogP contribution in [-0.2, 0) is 14.3 Å². The van der Waals surface area contributed by atoms with Crippen molar-refractivity contribution in [2.45, 2.75) is 87.4 Å². The van der Waals surface area contributed by atoms with E-state index in [-0.39, 0.29) is 18.5 Å². The molecule has 1 spiro atoms. The van der Waals surface area contributed by atoms with Crippen LogP contribution in [0.1, 0.15) is 57.4 Å². The number of rotatable bonds is 4. The van der Waals surface area contributed by atoms with Crippen LogP contribution in [0.4, 0.5) is 0 Å². The van der Waals surface area contributed by atoms with Gasteiger partial charge in [-0.3, -0.25) is 4.79 Å². The number of aromatic nitrogens is 1. The maximum Gasteiger partial charge on any atom is 0.355 e. The van der Waals surface area contributed by atoms with E-state index in [1.54, 1.807) is 26.8 Å². The monoisotopic (exact) mass is 507 g/mol. The van der Waals surface area contributed by atoms with E-state index in [9.17, 15) is 40.2 Å². The van der Waals surface area contributed by atoms with Gasteiger partial charge in [0.2, 0.25) is 0 Å². The Morgan fingerprint density at radius 3 is 2.44 bits per heavy atom. The van der Waals surface area contributed by atoms with Gasteiger partial charge in [0.05, 0.1) is 17.4 Å². The second-order valence-electron chi connectivity index (χ2n) is 12.2. The van der Waals surface area contributed by atoms with E-state index in [2.05, 4.69) is 4.98 Å². The van der Waals surface area contributed by atoms with Crippen molar-refractivity contribution < 1.29 is 49.7 Å². The number of hydrogen-bond donors (Lipinski definition) is 7. The molecule has 6 aliphatic rings. The van der Waals surface area contributed by atoms with Crippen molar-refractivity contribution >= 4 is 11.9 Å². The molecule has 0 amide bonds. The third-order valence-electron chi connectivity index (χ3n) is 11.1. The largest absolute Gasteiger partial charge is 0.481 e. The highest BCUT2D eigenvalue weighted by Gasteiger charge is 3.07. The molecule has 2 aliphatic heterocycles. The SMILES string of the molecule is CC(C)[C@@]1(O)[C@@H](OC(=O)c2ccc[nH]2)[C@@H]2[C@@]3(O)[C@]45O[C@](O)(C[C@@]2(C(=O)O)[C@@]4(O)CC[C@@H](C)[C@H]5O)[C@]31C. The molecule has 7 rings (SSSR count). The molecule has 3 heterocycles. The van der Waals surface area contributed by atoms with Crippen LogP contribution >= 0.6 is 0 Å². The van der Waals surface area contributed by atoms with E-state index in [4.69, 9.17) is 9.47 Å². The summed E-state index contributed by atoms with van der Waals surface area (Å²) in [4.78, 5) is 29.1. The zero-order valence-electron chi connectivity index (χ0n) is 20.6. The van der Waals surface area contributed by atoms with Crippen LogP contribution in [0.2, 0.25) is 0 Å². The van der Waals surface area contributed by atoms with Gasteiger partial charge in [0.25, 0.3) is 0 Å². The van der Waals surface area contributed by atoms with E-state index in [0.717, 1.165) is 0 Å². The lowest BCUT2D eigenvalue weighted by atomic mass is 9.53. The molecule has 0 radical (unpaired) electrons. The summed E-state index contributed by atoms with van der Waals surface area (Å²) in [7, 11) is 0. The maximum atomic E-state index is 13.2. The lowest BCUT2D eigenvalue weighted by molar-refractivity contribution is -0.383. The third-order valence-corrected chi connectivity index (χ3v) is 11.1. The third kappa shape index (κ3) is 1.85. The quantitative estimate of drug-likeness (QED) is 0.268. The Bertz CT molecular complexity index is 1170. The van der Waals surface area contributed by atoms with Gasteiger partial charge in [-0.15, -0.1) is 0 Å². The number of H-pyrrole nitrogens is 1. The van der Waals surface area contributed by atoms with Gasteiger partial charge in [0.15, 0.2) is 11.4 Å². The second-order valence-corrected chi connectivity index (χ2v) is 12.2.